The summed E-state index contributed by atoms with van der Waals surface area (Å²) >= 11 is 1.62. The summed E-state index contributed by atoms with van der Waals surface area (Å²) in [7, 11) is -2.00. The molecule has 0 saturated heterocycles. The van der Waals surface area contributed by atoms with Crippen molar-refractivity contribution in [3.63, 3.8) is 0 Å². The van der Waals surface area contributed by atoms with Crippen molar-refractivity contribution < 1.29 is 22.5 Å². The molecule has 3 aromatic rings. The van der Waals surface area contributed by atoms with E-state index in [1.807, 2.05) is 17.5 Å². The molecular formula is C18H19N3O5S2. The molecule has 2 aromatic heterocycles. The van der Waals surface area contributed by atoms with Gasteiger partial charge in [0.25, 0.3) is 0 Å². The number of carbonyl (C=O) groups excluding carboxylic acids is 1. The van der Waals surface area contributed by atoms with E-state index >= 15 is 0 Å². The summed E-state index contributed by atoms with van der Waals surface area (Å²) in [6.07, 6.45) is 0.755. The Hall–Kier alpha value is -2.72. The van der Waals surface area contributed by atoms with Gasteiger partial charge in [0.05, 0.1) is 17.8 Å². The average molecular weight is 422 g/mol. The molecule has 1 N–H and O–H groups in total. The highest BCUT2D eigenvalue weighted by molar-refractivity contribution is 7.91. The quantitative estimate of drug-likeness (QED) is 0.563. The van der Waals surface area contributed by atoms with E-state index in [-0.39, 0.29) is 28.8 Å². The molecule has 0 spiro atoms. The van der Waals surface area contributed by atoms with Crippen LogP contribution in [-0.2, 0) is 22.7 Å². The number of amides is 1. The number of benzene rings is 1. The second-order valence-corrected chi connectivity index (χ2v) is 8.99. The summed E-state index contributed by atoms with van der Waals surface area (Å²) < 4.78 is 34.7. The number of ether oxygens (including phenoxy) is 1. The van der Waals surface area contributed by atoms with Gasteiger partial charge in [0.2, 0.25) is 0 Å². The fraction of sp³-hybridized carbons (Fsp3) is 0.278. The van der Waals surface area contributed by atoms with Crippen molar-refractivity contribution >= 4 is 27.1 Å². The Balaban J connectivity index is 1.52. The van der Waals surface area contributed by atoms with E-state index in [1.54, 1.807) is 23.5 Å². The Morgan fingerprint density at radius 2 is 2.00 bits per heavy atom. The van der Waals surface area contributed by atoms with Crippen LogP contribution in [0, 0.1) is 0 Å². The Bertz CT molecular complexity index is 1010. The third-order valence-corrected chi connectivity index (χ3v) is 6.58. The van der Waals surface area contributed by atoms with Crippen molar-refractivity contribution in [3.05, 3.63) is 58.4 Å². The number of hydrogen-bond acceptors (Lipinski definition) is 8. The van der Waals surface area contributed by atoms with Crippen LogP contribution >= 0.6 is 11.3 Å². The van der Waals surface area contributed by atoms with Gasteiger partial charge in [0, 0.05) is 17.8 Å². The zero-order chi connectivity index (χ0) is 20.0. The van der Waals surface area contributed by atoms with Crippen molar-refractivity contribution in [2.75, 3.05) is 19.4 Å². The van der Waals surface area contributed by atoms with Crippen molar-refractivity contribution in [2.24, 2.45) is 0 Å². The molecule has 2 heterocycles. The molecule has 148 valence electrons. The average Bonchev–Trinajstić information content (AvgIpc) is 3.38. The zero-order valence-corrected chi connectivity index (χ0v) is 16.8. The van der Waals surface area contributed by atoms with Gasteiger partial charge in [-0.25, -0.2) is 8.42 Å². The van der Waals surface area contributed by atoms with Crippen LogP contribution in [0.3, 0.4) is 0 Å². The zero-order valence-electron chi connectivity index (χ0n) is 15.1. The number of sulfone groups is 1. The Kier molecular flexibility index (Phi) is 6.42. The Labute approximate surface area is 166 Å². The summed E-state index contributed by atoms with van der Waals surface area (Å²) in [5, 5.41) is 8.36. The molecule has 0 aliphatic carbocycles. The Morgan fingerprint density at radius 3 is 2.68 bits per heavy atom. The SMILES string of the molecule is COc1ccc(S(=O)(=O)CCc2noc(C(=O)NCCc3cccs3)n2)cc1. The first-order valence-corrected chi connectivity index (χ1v) is 11.0. The van der Waals surface area contributed by atoms with Crippen LogP contribution in [0.5, 0.6) is 5.75 Å². The second-order valence-electron chi connectivity index (χ2n) is 5.85. The maximum absolute atomic E-state index is 12.4. The maximum atomic E-state index is 12.4. The van der Waals surface area contributed by atoms with Crippen LogP contribution in [0.25, 0.3) is 0 Å². The highest BCUT2D eigenvalue weighted by atomic mass is 32.2. The van der Waals surface area contributed by atoms with Crippen LogP contribution < -0.4 is 10.1 Å². The number of rotatable bonds is 9. The van der Waals surface area contributed by atoms with Crippen molar-refractivity contribution in [3.8, 4) is 5.75 Å². The lowest BCUT2D eigenvalue weighted by atomic mass is 10.3. The summed E-state index contributed by atoms with van der Waals surface area (Å²) in [5.41, 5.74) is 0. The van der Waals surface area contributed by atoms with E-state index in [0.717, 1.165) is 4.88 Å². The van der Waals surface area contributed by atoms with Gasteiger partial charge in [-0.3, -0.25) is 4.79 Å². The highest BCUT2D eigenvalue weighted by Gasteiger charge is 2.19. The number of thiophene rings is 1. The molecule has 0 bridgehead atoms. The minimum absolute atomic E-state index is 0.0420. The van der Waals surface area contributed by atoms with Gasteiger partial charge in [-0.2, -0.15) is 4.98 Å². The normalized spacial score (nSPS) is 11.3. The van der Waals surface area contributed by atoms with Gasteiger partial charge < -0.3 is 14.6 Å². The van der Waals surface area contributed by atoms with E-state index in [0.29, 0.717) is 18.7 Å². The van der Waals surface area contributed by atoms with Gasteiger partial charge in [0.15, 0.2) is 15.7 Å². The molecule has 0 fully saturated rings. The third-order valence-electron chi connectivity index (χ3n) is 3.91. The van der Waals surface area contributed by atoms with Gasteiger partial charge in [-0.05, 0) is 42.1 Å². The molecule has 3 rings (SSSR count). The number of aromatic nitrogens is 2. The number of methoxy groups -OCH3 is 1. The first-order chi connectivity index (χ1) is 13.5. The minimum Gasteiger partial charge on any atom is -0.497 e. The monoisotopic (exact) mass is 421 g/mol. The molecule has 0 aliphatic rings. The standard InChI is InChI=1S/C18H19N3O5S2/c1-25-13-4-6-15(7-5-13)28(23,24)12-9-16-20-18(26-21-16)17(22)19-10-8-14-3-2-11-27-14/h2-7,11H,8-10,12H2,1H3,(H,19,22). The second kappa shape index (κ2) is 8.98. The fourth-order valence-corrected chi connectivity index (χ4v) is 4.35. The molecule has 0 radical (unpaired) electrons. The third kappa shape index (κ3) is 5.17. The highest BCUT2D eigenvalue weighted by Crippen LogP contribution is 2.17. The first kappa shape index (κ1) is 20.0. The first-order valence-electron chi connectivity index (χ1n) is 8.48. The number of carbonyl (C=O) groups is 1. The summed E-state index contributed by atoms with van der Waals surface area (Å²) in [4.78, 5) is 17.4. The van der Waals surface area contributed by atoms with Crippen LogP contribution in [0.15, 0.2) is 51.2 Å². The molecule has 0 atom stereocenters. The predicted molar refractivity (Wildman–Crippen MR) is 103 cm³/mol. The van der Waals surface area contributed by atoms with Crippen LogP contribution in [0.4, 0.5) is 0 Å². The van der Waals surface area contributed by atoms with E-state index in [2.05, 4.69) is 15.5 Å². The lowest BCUT2D eigenvalue weighted by Gasteiger charge is -2.04. The molecule has 8 nitrogen and oxygen atoms in total. The van der Waals surface area contributed by atoms with E-state index in [1.165, 1.54) is 19.2 Å². The molecule has 1 amide bonds. The lowest BCUT2D eigenvalue weighted by Crippen LogP contribution is -2.25. The van der Waals surface area contributed by atoms with Gasteiger partial charge >= 0.3 is 11.8 Å². The predicted octanol–water partition coefficient (Wildman–Crippen LogP) is 2.13. The minimum atomic E-state index is -3.51. The van der Waals surface area contributed by atoms with Crippen molar-refractivity contribution in [1.82, 2.24) is 15.5 Å². The van der Waals surface area contributed by atoms with E-state index < -0.39 is 15.7 Å². The van der Waals surface area contributed by atoms with E-state index in [4.69, 9.17) is 9.26 Å². The molecular weight excluding hydrogens is 402 g/mol. The molecule has 0 saturated carbocycles. The largest absolute Gasteiger partial charge is 0.497 e. The topological polar surface area (TPSA) is 111 Å². The van der Waals surface area contributed by atoms with Crippen LogP contribution in [0.2, 0.25) is 0 Å². The number of nitrogens with one attached hydrogen (secondary N) is 1. The van der Waals surface area contributed by atoms with Gasteiger partial charge in [0.1, 0.15) is 5.75 Å². The fourth-order valence-electron chi connectivity index (χ4n) is 2.40. The number of hydrogen-bond donors (Lipinski definition) is 1. The van der Waals surface area contributed by atoms with Crippen LogP contribution in [-0.4, -0.2) is 43.9 Å². The lowest BCUT2D eigenvalue weighted by molar-refractivity contribution is 0.0910. The Morgan fingerprint density at radius 1 is 1.21 bits per heavy atom. The van der Waals surface area contributed by atoms with Crippen LogP contribution in [0.1, 0.15) is 21.4 Å². The van der Waals surface area contributed by atoms with Gasteiger partial charge in [-0.15, -0.1) is 11.3 Å². The maximum Gasteiger partial charge on any atom is 0.315 e. The smallest absolute Gasteiger partial charge is 0.315 e. The summed E-state index contributed by atoms with van der Waals surface area (Å²) in [5.74, 6) is -0.109. The molecule has 1 aromatic carbocycles. The molecule has 28 heavy (non-hydrogen) atoms. The molecule has 10 heteroatoms. The summed E-state index contributed by atoms with van der Waals surface area (Å²) in [6, 6.07) is 10.1. The molecule has 0 unspecified atom stereocenters. The summed E-state index contributed by atoms with van der Waals surface area (Å²) in [6.45, 7) is 0.447. The number of nitrogens with zero attached hydrogens (tertiary/aromatic N) is 2. The number of aryl methyl sites for hydroxylation is 1. The molecule has 0 aliphatic heterocycles. The van der Waals surface area contributed by atoms with Crippen molar-refractivity contribution in [2.45, 2.75) is 17.7 Å². The van der Waals surface area contributed by atoms with E-state index in [9.17, 15) is 13.2 Å². The van der Waals surface area contributed by atoms with Gasteiger partial charge in [-0.1, -0.05) is 11.2 Å². The van der Waals surface area contributed by atoms with Crippen molar-refractivity contribution in [1.29, 1.82) is 0 Å².